The molecule has 2 atom stereocenters. The number of carbonyl (C=O) groups excluding carboxylic acids is 1. The number of benzene rings is 1. The second-order valence-corrected chi connectivity index (χ2v) is 5.26. The molecule has 0 saturated carbocycles. The summed E-state index contributed by atoms with van der Waals surface area (Å²) in [5.74, 6) is 0.548. The molecular formula is C12H14INO3. The van der Waals surface area contributed by atoms with Crippen molar-refractivity contribution in [1.29, 1.82) is 0 Å². The molecule has 1 aromatic rings. The summed E-state index contributed by atoms with van der Waals surface area (Å²) in [4.78, 5) is 10.9. The molecule has 1 aromatic carbocycles. The Morgan fingerprint density at radius 3 is 3.06 bits per heavy atom. The Bertz CT molecular complexity index is 411. The van der Waals surface area contributed by atoms with E-state index in [-0.39, 0.29) is 6.10 Å². The molecule has 1 heterocycles. The zero-order valence-corrected chi connectivity index (χ0v) is 11.4. The molecular weight excluding hydrogens is 333 g/mol. The molecule has 4 nitrogen and oxygen atoms in total. The second-order valence-electron chi connectivity index (χ2n) is 4.02. The monoisotopic (exact) mass is 347 g/mol. The van der Waals surface area contributed by atoms with Crippen LogP contribution in [0.2, 0.25) is 0 Å². The maximum atomic E-state index is 10.9. The Kier molecular flexibility index (Phi) is 4.36. The summed E-state index contributed by atoms with van der Waals surface area (Å²) >= 11 is 2.15. The lowest BCUT2D eigenvalue weighted by molar-refractivity contribution is 0.0159. The fraction of sp³-hybridized carbons (Fsp3) is 0.417. The Balaban J connectivity index is 2.14. The summed E-state index contributed by atoms with van der Waals surface area (Å²) in [6.45, 7) is 1.36. The Labute approximate surface area is 113 Å². The standard InChI is InChI=1S/C12H14INO3/c13-9-1-2-11(8(5-9)7-15)17-12-3-4-14-6-10(12)16/h1-2,5,7,10,12,14,16H,3-4,6H2. The highest BCUT2D eigenvalue weighted by Crippen LogP contribution is 2.23. The molecule has 0 radical (unpaired) electrons. The molecule has 1 aliphatic rings. The summed E-state index contributed by atoms with van der Waals surface area (Å²) < 4.78 is 6.71. The van der Waals surface area contributed by atoms with Gasteiger partial charge in [0.15, 0.2) is 6.29 Å². The van der Waals surface area contributed by atoms with Crippen LogP contribution in [0.4, 0.5) is 0 Å². The van der Waals surface area contributed by atoms with Gasteiger partial charge in [-0.2, -0.15) is 0 Å². The second kappa shape index (κ2) is 5.79. The molecule has 92 valence electrons. The van der Waals surface area contributed by atoms with Crippen molar-refractivity contribution < 1.29 is 14.6 Å². The minimum Gasteiger partial charge on any atom is -0.487 e. The van der Waals surface area contributed by atoms with Crippen molar-refractivity contribution in [3.63, 3.8) is 0 Å². The van der Waals surface area contributed by atoms with Gasteiger partial charge in [-0.1, -0.05) is 0 Å². The Morgan fingerprint density at radius 1 is 1.53 bits per heavy atom. The molecule has 0 bridgehead atoms. The molecule has 1 saturated heterocycles. The minimum absolute atomic E-state index is 0.241. The predicted molar refractivity (Wildman–Crippen MR) is 72.5 cm³/mol. The van der Waals surface area contributed by atoms with Crippen LogP contribution in [-0.2, 0) is 0 Å². The van der Waals surface area contributed by atoms with Crippen LogP contribution in [0, 0.1) is 3.57 Å². The zero-order valence-electron chi connectivity index (χ0n) is 9.23. The number of hydrogen-bond acceptors (Lipinski definition) is 4. The van der Waals surface area contributed by atoms with Crippen LogP contribution >= 0.6 is 22.6 Å². The highest BCUT2D eigenvalue weighted by atomic mass is 127. The fourth-order valence-electron chi connectivity index (χ4n) is 1.84. The number of rotatable bonds is 3. The van der Waals surface area contributed by atoms with E-state index in [0.29, 0.717) is 17.9 Å². The lowest BCUT2D eigenvalue weighted by Crippen LogP contribution is -2.46. The smallest absolute Gasteiger partial charge is 0.153 e. The van der Waals surface area contributed by atoms with Crippen molar-refractivity contribution in [1.82, 2.24) is 5.32 Å². The van der Waals surface area contributed by atoms with Gasteiger partial charge in [-0.25, -0.2) is 0 Å². The van der Waals surface area contributed by atoms with Crippen LogP contribution in [0.15, 0.2) is 18.2 Å². The molecule has 1 fully saturated rings. The molecule has 5 heteroatoms. The molecule has 1 aliphatic heterocycles. The van der Waals surface area contributed by atoms with Crippen LogP contribution in [0.1, 0.15) is 16.8 Å². The van der Waals surface area contributed by atoms with Gasteiger partial charge in [-0.05, 0) is 53.8 Å². The quantitative estimate of drug-likeness (QED) is 0.638. The molecule has 0 aliphatic carbocycles. The van der Waals surface area contributed by atoms with E-state index in [9.17, 15) is 9.90 Å². The van der Waals surface area contributed by atoms with Gasteiger partial charge in [-0.3, -0.25) is 4.79 Å². The van der Waals surface area contributed by atoms with Crippen molar-refractivity contribution in [2.75, 3.05) is 13.1 Å². The van der Waals surface area contributed by atoms with Crippen LogP contribution in [0.3, 0.4) is 0 Å². The van der Waals surface area contributed by atoms with Gasteiger partial charge in [-0.15, -0.1) is 0 Å². The van der Waals surface area contributed by atoms with Crippen LogP contribution in [0.5, 0.6) is 5.75 Å². The molecule has 2 unspecified atom stereocenters. The van der Waals surface area contributed by atoms with Gasteiger partial charge in [0.1, 0.15) is 18.0 Å². The third-order valence-corrected chi connectivity index (χ3v) is 3.44. The van der Waals surface area contributed by atoms with E-state index in [4.69, 9.17) is 4.74 Å². The molecule has 0 spiro atoms. The van der Waals surface area contributed by atoms with Crippen molar-refractivity contribution >= 4 is 28.9 Å². The van der Waals surface area contributed by atoms with Gasteiger partial charge >= 0.3 is 0 Å². The summed E-state index contributed by atoms with van der Waals surface area (Å²) in [5.41, 5.74) is 0.530. The van der Waals surface area contributed by atoms with E-state index < -0.39 is 6.10 Å². The average Bonchev–Trinajstić information content (AvgIpc) is 2.34. The van der Waals surface area contributed by atoms with Crippen LogP contribution in [0.25, 0.3) is 0 Å². The third-order valence-electron chi connectivity index (χ3n) is 2.77. The van der Waals surface area contributed by atoms with Gasteiger partial charge < -0.3 is 15.2 Å². The molecule has 0 aromatic heterocycles. The number of aliphatic hydroxyl groups is 1. The first-order chi connectivity index (χ1) is 8.20. The number of β-amino-alcohol motifs (C(OH)–C–C–N with tert-alkyl or cyclic N) is 1. The molecule has 17 heavy (non-hydrogen) atoms. The van der Waals surface area contributed by atoms with Crippen molar-refractivity contribution in [2.24, 2.45) is 0 Å². The predicted octanol–water partition coefficient (Wildman–Crippen LogP) is 1.21. The highest BCUT2D eigenvalue weighted by Gasteiger charge is 2.25. The van der Waals surface area contributed by atoms with E-state index in [1.54, 1.807) is 12.1 Å². The summed E-state index contributed by atoms with van der Waals surface area (Å²) in [7, 11) is 0. The highest BCUT2D eigenvalue weighted by molar-refractivity contribution is 14.1. The van der Waals surface area contributed by atoms with E-state index in [0.717, 1.165) is 22.8 Å². The third kappa shape index (κ3) is 3.17. The largest absolute Gasteiger partial charge is 0.487 e. The number of piperidine rings is 1. The first-order valence-electron chi connectivity index (χ1n) is 5.51. The lowest BCUT2D eigenvalue weighted by Gasteiger charge is -2.29. The van der Waals surface area contributed by atoms with Gasteiger partial charge in [0.05, 0.1) is 5.56 Å². The molecule has 2 rings (SSSR count). The number of hydrogen-bond donors (Lipinski definition) is 2. The van der Waals surface area contributed by atoms with Gasteiger partial charge in [0, 0.05) is 10.1 Å². The number of nitrogens with one attached hydrogen (secondary N) is 1. The normalized spacial score (nSPS) is 24.4. The number of carbonyl (C=O) groups is 1. The van der Waals surface area contributed by atoms with Crippen LogP contribution in [-0.4, -0.2) is 36.7 Å². The molecule has 2 N–H and O–H groups in total. The summed E-state index contributed by atoms with van der Waals surface area (Å²) in [6, 6.07) is 5.44. The lowest BCUT2D eigenvalue weighted by atomic mass is 10.1. The number of aldehydes is 1. The maximum Gasteiger partial charge on any atom is 0.153 e. The summed E-state index contributed by atoms with van der Waals surface area (Å²) in [6.07, 6.45) is 0.758. The Hall–Kier alpha value is -0.660. The number of ether oxygens (including phenoxy) is 1. The number of halogens is 1. The van der Waals surface area contributed by atoms with Crippen molar-refractivity contribution in [3.8, 4) is 5.75 Å². The Morgan fingerprint density at radius 2 is 2.35 bits per heavy atom. The van der Waals surface area contributed by atoms with E-state index in [2.05, 4.69) is 27.9 Å². The van der Waals surface area contributed by atoms with Gasteiger partial charge in [0.2, 0.25) is 0 Å². The first kappa shape index (κ1) is 12.8. The first-order valence-corrected chi connectivity index (χ1v) is 6.59. The van der Waals surface area contributed by atoms with Gasteiger partial charge in [0.25, 0.3) is 0 Å². The van der Waals surface area contributed by atoms with Crippen molar-refractivity contribution in [2.45, 2.75) is 18.6 Å². The SMILES string of the molecule is O=Cc1cc(I)ccc1OC1CCNCC1O. The van der Waals surface area contributed by atoms with Crippen molar-refractivity contribution in [3.05, 3.63) is 27.3 Å². The molecule has 0 amide bonds. The maximum absolute atomic E-state index is 10.9. The van der Waals surface area contributed by atoms with Crippen LogP contribution < -0.4 is 10.1 Å². The number of aliphatic hydroxyl groups excluding tert-OH is 1. The average molecular weight is 347 g/mol. The minimum atomic E-state index is -0.525. The van der Waals surface area contributed by atoms with E-state index >= 15 is 0 Å². The summed E-state index contributed by atoms with van der Waals surface area (Å²) in [5, 5.41) is 12.9. The van der Waals surface area contributed by atoms with E-state index in [1.807, 2.05) is 6.07 Å². The van der Waals surface area contributed by atoms with E-state index in [1.165, 1.54) is 0 Å². The topological polar surface area (TPSA) is 58.6 Å². The fourth-order valence-corrected chi connectivity index (χ4v) is 2.35. The zero-order chi connectivity index (χ0) is 12.3.